The normalized spacial score (nSPS) is 17.0. The van der Waals surface area contributed by atoms with Crippen LogP contribution in [0, 0.1) is 0 Å². The first kappa shape index (κ1) is 40.1. The van der Waals surface area contributed by atoms with Gasteiger partial charge in [0.25, 0.3) is 0 Å². The molecule has 2 aromatic heterocycles. The van der Waals surface area contributed by atoms with Gasteiger partial charge >= 0.3 is 0 Å². The molecule has 67 heavy (non-hydrogen) atoms. The van der Waals surface area contributed by atoms with Gasteiger partial charge in [0.1, 0.15) is 17.7 Å². The molecule has 9 aromatic rings. The number of fused-ring (bicyclic) bond motifs is 3. The Morgan fingerprint density at radius 2 is 1.25 bits per heavy atom. The number of benzene rings is 7. The molecule has 0 amide bonds. The third-order valence-electron chi connectivity index (χ3n) is 13.3. The van der Waals surface area contributed by atoms with Crippen LogP contribution in [0.15, 0.2) is 252 Å². The van der Waals surface area contributed by atoms with E-state index in [1.54, 1.807) is 0 Å². The smallest absolute Gasteiger partial charge is 0.178 e. The molecular weight excluding hydrogens is 815 g/mol. The number of para-hydroxylation sites is 1. The van der Waals surface area contributed by atoms with Gasteiger partial charge in [0.05, 0.1) is 16.7 Å². The predicted octanol–water partition coefficient (Wildman–Crippen LogP) is 14.8. The molecule has 0 bridgehead atoms. The highest BCUT2D eigenvalue weighted by atomic mass is 15.2. The lowest BCUT2D eigenvalue weighted by atomic mass is 9.79. The molecule has 320 valence electrons. The third kappa shape index (κ3) is 7.85. The topological polar surface area (TPSA) is 54.6 Å². The Bertz CT molecular complexity index is 3500. The minimum Gasteiger partial charge on any atom is -0.344 e. The average Bonchev–Trinajstić information content (AvgIpc) is 3.76. The number of hydrogen-bond acceptors (Lipinski definition) is 4. The number of aromatic nitrogens is 2. The monoisotopic (exact) mass is 861 g/mol. The van der Waals surface area contributed by atoms with E-state index in [1.165, 1.54) is 38.8 Å². The Balaban J connectivity index is 0.968. The molecule has 2 aliphatic carbocycles. The minimum atomic E-state index is -0.365. The molecule has 3 heterocycles. The molecule has 2 atom stereocenters. The highest BCUT2D eigenvalue weighted by molar-refractivity contribution is 6.17. The summed E-state index contributed by atoms with van der Waals surface area (Å²) in [6, 6.07) is 70.9. The lowest BCUT2D eigenvalue weighted by Gasteiger charge is -2.26. The van der Waals surface area contributed by atoms with Crippen molar-refractivity contribution in [3.63, 3.8) is 0 Å². The summed E-state index contributed by atoms with van der Waals surface area (Å²) in [4.78, 5) is 16.0. The van der Waals surface area contributed by atoms with Crippen molar-refractivity contribution in [3.8, 4) is 28.1 Å². The molecule has 0 saturated carbocycles. The standard InChI is InChI=1S/C62H47N5/c1-6-19-42(20-7-1)47-35-36-57-54(41-47)59-53(31-17-34-58(59)67(57)52-29-14-5-15-30-52)55-32-18-33-56(63-55)62-65-60(45-25-12-4-13-26-45)64-61(66-62)48-28-16-27-46(37-48)51-39-49(43-21-8-2-9-22-43)38-50(40-51)44-23-10-3-11-24-44/h1-10,12-23,25-37,39-41,49,60H,11,24,38H2,(H,64,65,66). The number of hydrogen-bond donors (Lipinski definition) is 1. The number of rotatable bonds is 9. The first-order chi connectivity index (χ1) is 33.2. The molecule has 7 aromatic carbocycles. The van der Waals surface area contributed by atoms with E-state index in [0.29, 0.717) is 11.5 Å². The van der Waals surface area contributed by atoms with Crippen LogP contribution in [0.4, 0.5) is 0 Å². The highest BCUT2D eigenvalue weighted by Crippen LogP contribution is 2.41. The molecule has 0 saturated heterocycles. The third-order valence-corrected chi connectivity index (χ3v) is 13.3. The Kier molecular flexibility index (Phi) is 10.5. The largest absolute Gasteiger partial charge is 0.344 e. The molecule has 5 heteroatoms. The van der Waals surface area contributed by atoms with Crippen molar-refractivity contribution >= 4 is 39.1 Å². The van der Waals surface area contributed by atoms with Crippen LogP contribution in [0.3, 0.4) is 0 Å². The van der Waals surface area contributed by atoms with Crippen molar-refractivity contribution in [1.82, 2.24) is 14.9 Å². The molecule has 5 nitrogen and oxygen atoms in total. The Morgan fingerprint density at radius 3 is 2.04 bits per heavy atom. The van der Waals surface area contributed by atoms with E-state index < -0.39 is 0 Å². The molecule has 3 aliphatic rings. The van der Waals surface area contributed by atoms with E-state index in [-0.39, 0.29) is 12.1 Å². The number of amidine groups is 2. The zero-order valence-corrected chi connectivity index (χ0v) is 37.0. The summed E-state index contributed by atoms with van der Waals surface area (Å²) in [7, 11) is 0. The van der Waals surface area contributed by atoms with Gasteiger partial charge in [0, 0.05) is 33.5 Å². The van der Waals surface area contributed by atoms with Crippen LogP contribution in [0.25, 0.3) is 55.5 Å². The maximum Gasteiger partial charge on any atom is 0.178 e. The van der Waals surface area contributed by atoms with Crippen molar-refractivity contribution in [2.75, 3.05) is 0 Å². The van der Waals surface area contributed by atoms with Crippen molar-refractivity contribution < 1.29 is 0 Å². The second-order valence-corrected chi connectivity index (χ2v) is 17.5. The van der Waals surface area contributed by atoms with E-state index in [1.807, 2.05) is 12.1 Å². The van der Waals surface area contributed by atoms with Gasteiger partial charge in [-0.1, -0.05) is 182 Å². The van der Waals surface area contributed by atoms with Gasteiger partial charge in [-0.05, 0) is 112 Å². The number of nitrogens with one attached hydrogen (secondary N) is 1. The maximum atomic E-state index is 5.42. The van der Waals surface area contributed by atoms with Crippen LogP contribution in [0.5, 0.6) is 0 Å². The van der Waals surface area contributed by atoms with Crippen molar-refractivity contribution in [2.45, 2.75) is 31.3 Å². The zero-order chi connectivity index (χ0) is 44.5. The summed E-state index contributed by atoms with van der Waals surface area (Å²) in [6.45, 7) is 0. The van der Waals surface area contributed by atoms with Gasteiger partial charge < -0.3 is 9.88 Å². The summed E-state index contributed by atoms with van der Waals surface area (Å²) >= 11 is 0. The molecule has 0 radical (unpaired) electrons. The number of nitrogens with zero attached hydrogens (tertiary/aromatic N) is 4. The SMILES string of the molecule is C1=CCCC(C2=CC(c3cccc(C4=NC(c5cccc(-c6cccc7c6c6cc(-c8ccccc8)ccc6n7-c6ccccc6)n5)=NC(c5ccccc5)N4)c3)=CC(c3ccccc3)C2)=C1. The Labute approximate surface area is 391 Å². The van der Waals surface area contributed by atoms with Gasteiger partial charge in [-0.25, -0.2) is 15.0 Å². The molecular formula is C62H47N5. The van der Waals surface area contributed by atoms with Crippen LogP contribution >= 0.6 is 0 Å². The first-order valence-corrected chi connectivity index (χ1v) is 23.3. The summed E-state index contributed by atoms with van der Waals surface area (Å²) in [5, 5.41) is 6.04. The summed E-state index contributed by atoms with van der Waals surface area (Å²) in [5.41, 5.74) is 17.0. The summed E-state index contributed by atoms with van der Waals surface area (Å²) < 4.78 is 2.37. The number of allylic oxidation sites excluding steroid dienone is 8. The number of pyridine rings is 1. The highest BCUT2D eigenvalue weighted by Gasteiger charge is 2.25. The van der Waals surface area contributed by atoms with E-state index in [0.717, 1.165) is 75.2 Å². The minimum absolute atomic E-state index is 0.281. The van der Waals surface area contributed by atoms with Crippen molar-refractivity contribution in [2.24, 2.45) is 9.98 Å². The van der Waals surface area contributed by atoms with E-state index in [9.17, 15) is 0 Å². The Morgan fingerprint density at radius 1 is 0.552 bits per heavy atom. The van der Waals surface area contributed by atoms with Gasteiger partial charge in [-0.15, -0.1) is 0 Å². The average molecular weight is 862 g/mol. The first-order valence-electron chi connectivity index (χ1n) is 23.3. The lowest BCUT2D eigenvalue weighted by Crippen LogP contribution is -2.33. The fourth-order valence-electron chi connectivity index (χ4n) is 10.0. The summed E-state index contributed by atoms with van der Waals surface area (Å²) in [5.74, 6) is 1.62. The van der Waals surface area contributed by atoms with Crippen LogP contribution < -0.4 is 5.32 Å². The molecule has 0 fully saturated rings. The fraction of sp³-hybridized carbons (Fsp3) is 0.0806. The predicted molar refractivity (Wildman–Crippen MR) is 278 cm³/mol. The van der Waals surface area contributed by atoms with Crippen LogP contribution in [-0.2, 0) is 0 Å². The zero-order valence-electron chi connectivity index (χ0n) is 37.0. The molecule has 12 rings (SSSR count). The number of aliphatic imine (C=N–C) groups is 2. The second kappa shape index (κ2) is 17.5. The van der Waals surface area contributed by atoms with Crippen LogP contribution in [0.1, 0.15) is 59.3 Å². The van der Waals surface area contributed by atoms with E-state index in [2.05, 4.69) is 228 Å². The second-order valence-electron chi connectivity index (χ2n) is 17.5. The van der Waals surface area contributed by atoms with E-state index in [4.69, 9.17) is 15.0 Å². The van der Waals surface area contributed by atoms with Crippen LogP contribution in [0.2, 0.25) is 0 Å². The molecule has 2 unspecified atom stereocenters. The lowest BCUT2D eigenvalue weighted by molar-refractivity contribution is 0.673. The molecule has 0 spiro atoms. The molecule has 1 aliphatic heterocycles. The van der Waals surface area contributed by atoms with Gasteiger partial charge in [-0.3, -0.25) is 0 Å². The Hall–Kier alpha value is -8.41. The van der Waals surface area contributed by atoms with Crippen molar-refractivity contribution in [3.05, 3.63) is 270 Å². The maximum absolute atomic E-state index is 5.42. The molecule has 1 N–H and O–H groups in total. The van der Waals surface area contributed by atoms with Crippen molar-refractivity contribution in [1.29, 1.82) is 0 Å². The van der Waals surface area contributed by atoms with Gasteiger partial charge in [0.2, 0.25) is 0 Å². The quantitative estimate of drug-likeness (QED) is 0.157. The van der Waals surface area contributed by atoms with Gasteiger partial charge in [-0.2, -0.15) is 0 Å². The fourth-order valence-corrected chi connectivity index (χ4v) is 10.0. The van der Waals surface area contributed by atoms with E-state index >= 15 is 0 Å². The summed E-state index contributed by atoms with van der Waals surface area (Å²) in [6.07, 6.45) is 14.4. The van der Waals surface area contributed by atoms with Crippen LogP contribution in [-0.4, -0.2) is 21.2 Å². The van der Waals surface area contributed by atoms with Gasteiger partial charge in [0.15, 0.2) is 5.84 Å².